The number of benzene rings is 1. The van der Waals surface area contributed by atoms with Gasteiger partial charge in [0.05, 0.1) is 11.6 Å². The van der Waals surface area contributed by atoms with Crippen molar-refractivity contribution < 1.29 is 4.79 Å². The van der Waals surface area contributed by atoms with Crippen LogP contribution in [0.2, 0.25) is 0 Å². The maximum absolute atomic E-state index is 11.7. The summed E-state index contributed by atoms with van der Waals surface area (Å²) < 4.78 is 0. The minimum atomic E-state index is -0.428. The van der Waals surface area contributed by atoms with Gasteiger partial charge in [-0.3, -0.25) is 4.79 Å². The van der Waals surface area contributed by atoms with Crippen LogP contribution >= 0.6 is 0 Å². The predicted octanol–water partition coefficient (Wildman–Crippen LogP) is 1.78. The highest BCUT2D eigenvalue weighted by molar-refractivity contribution is 5.82. The summed E-state index contributed by atoms with van der Waals surface area (Å²) in [6, 6.07) is 9.45. The highest BCUT2D eigenvalue weighted by Gasteiger charge is 2.24. The van der Waals surface area contributed by atoms with Gasteiger partial charge in [-0.25, -0.2) is 0 Å². The van der Waals surface area contributed by atoms with Crippen LogP contribution in [0.25, 0.3) is 0 Å². The maximum atomic E-state index is 11.7. The van der Waals surface area contributed by atoms with E-state index in [1.54, 1.807) is 0 Å². The van der Waals surface area contributed by atoms with Gasteiger partial charge in [-0.2, -0.15) is 0 Å². The van der Waals surface area contributed by atoms with Gasteiger partial charge in [0, 0.05) is 0 Å². The molecule has 0 saturated heterocycles. The third kappa shape index (κ3) is 3.07. The van der Waals surface area contributed by atoms with Crippen LogP contribution in [0.4, 0.5) is 0 Å². The van der Waals surface area contributed by atoms with Crippen LogP contribution in [0, 0.1) is 0 Å². The Hall–Kier alpha value is -1.35. The molecule has 16 heavy (non-hydrogen) atoms. The molecule has 0 aliphatic carbocycles. The smallest absolute Gasteiger partial charge is 0.237 e. The van der Waals surface area contributed by atoms with Gasteiger partial charge < -0.3 is 11.1 Å². The highest BCUT2D eigenvalue weighted by atomic mass is 16.2. The van der Waals surface area contributed by atoms with E-state index in [2.05, 4.69) is 5.32 Å². The van der Waals surface area contributed by atoms with Crippen molar-refractivity contribution in [3.63, 3.8) is 0 Å². The lowest BCUT2D eigenvalue weighted by Crippen LogP contribution is -2.48. The largest absolute Gasteiger partial charge is 0.346 e. The molecule has 0 fully saturated rings. The Morgan fingerprint density at radius 1 is 1.38 bits per heavy atom. The van der Waals surface area contributed by atoms with Crippen LogP contribution < -0.4 is 11.1 Å². The molecule has 1 aromatic carbocycles. The van der Waals surface area contributed by atoms with Crippen LogP contribution in [-0.2, 0) is 10.3 Å². The van der Waals surface area contributed by atoms with Crippen molar-refractivity contribution in [2.45, 2.75) is 38.8 Å². The van der Waals surface area contributed by atoms with Crippen LogP contribution in [0.3, 0.4) is 0 Å². The fourth-order valence-corrected chi connectivity index (χ4v) is 1.51. The number of hydrogen-bond donors (Lipinski definition) is 2. The van der Waals surface area contributed by atoms with Crippen molar-refractivity contribution in [1.82, 2.24) is 5.32 Å². The number of carbonyl (C=O) groups excluding carboxylic acids is 1. The lowest BCUT2D eigenvalue weighted by Gasteiger charge is -2.28. The number of nitrogens with one attached hydrogen (secondary N) is 1. The average Bonchev–Trinajstić information content (AvgIpc) is 2.28. The maximum Gasteiger partial charge on any atom is 0.237 e. The minimum Gasteiger partial charge on any atom is -0.346 e. The Labute approximate surface area is 97.0 Å². The second-order valence-corrected chi connectivity index (χ2v) is 4.50. The summed E-state index contributed by atoms with van der Waals surface area (Å²) in [5, 5.41) is 2.96. The van der Waals surface area contributed by atoms with Gasteiger partial charge in [0.2, 0.25) is 5.91 Å². The van der Waals surface area contributed by atoms with Gasteiger partial charge >= 0.3 is 0 Å². The Balaban J connectivity index is 2.76. The quantitative estimate of drug-likeness (QED) is 0.812. The van der Waals surface area contributed by atoms with Gasteiger partial charge in [0.25, 0.3) is 0 Å². The Kier molecular flexibility index (Phi) is 4.07. The second-order valence-electron chi connectivity index (χ2n) is 4.50. The van der Waals surface area contributed by atoms with Crippen LogP contribution in [0.1, 0.15) is 32.8 Å². The number of carbonyl (C=O) groups is 1. The van der Waals surface area contributed by atoms with E-state index in [9.17, 15) is 4.79 Å². The van der Waals surface area contributed by atoms with Crippen molar-refractivity contribution in [3.8, 4) is 0 Å². The summed E-state index contributed by atoms with van der Waals surface area (Å²) in [4.78, 5) is 11.7. The Morgan fingerprint density at radius 2 is 1.94 bits per heavy atom. The van der Waals surface area contributed by atoms with E-state index in [0.29, 0.717) is 6.42 Å². The summed E-state index contributed by atoms with van der Waals surface area (Å²) in [7, 11) is 0. The average molecular weight is 220 g/mol. The number of hydrogen-bond acceptors (Lipinski definition) is 2. The van der Waals surface area contributed by atoms with Gasteiger partial charge in [0.1, 0.15) is 0 Å². The fourth-order valence-electron chi connectivity index (χ4n) is 1.51. The van der Waals surface area contributed by atoms with E-state index in [-0.39, 0.29) is 11.4 Å². The zero-order chi connectivity index (χ0) is 12.2. The van der Waals surface area contributed by atoms with E-state index < -0.39 is 6.04 Å². The molecule has 0 aromatic heterocycles. The molecule has 0 heterocycles. The SMILES string of the molecule is CC[C@H](N)C(=O)NC(C)(C)c1ccccc1. The van der Waals surface area contributed by atoms with Gasteiger partial charge in [0.15, 0.2) is 0 Å². The predicted molar refractivity (Wildman–Crippen MR) is 65.9 cm³/mol. The molecule has 0 unspecified atom stereocenters. The molecule has 1 atom stereocenters. The number of amides is 1. The van der Waals surface area contributed by atoms with Gasteiger partial charge in [-0.05, 0) is 25.8 Å². The summed E-state index contributed by atoms with van der Waals surface area (Å²) in [5.74, 6) is -0.101. The molecule has 1 aromatic rings. The molecule has 0 aliphatic rings. The molecule has 0 aliphatic heterocycles. The van der Waals surface area contributed by atoms with E-state index >= 15 is 0 Å². The van der Waals surface area contributed by atoms with Crippen LogP contribution in [-0.4, -0.2) is 11.9 Å². The molecular weight excluding hydrogens is 200 g/mol. The molecule has 0 saturated carbocycles. The second kappa shape index (κ2) is 5.12. The summed E-state index contributed by atoms with van der Waals surface area (Å²) in [6.07, 6.45) is 0.650. The fraction of sp³-hybridized carbons (Fsp3) is 0.462. The molecule has 0 radical (unpaired) electrons. The molecule has 1 amide bonds. The van der Waals surface area contributed by atoms with Crippen molar-refractivity contribution in [2.75, 3.05) is 0 Å². The monoisotopic (exact) mass is 220 g/mol. The summed E-state index contributed by atoms with van der Waals surface area (Å²) >= 11 is 0. The molecule has 1 rings (SSSR count). The molecule has 0 spiro atoms. The summed E-state index contributed by atoms with van der Waals surface area (Å²) in [6.45, 7) is 5.85. The van der Waals surface area contributed by atoms with Crippen LogP contribution in [0.15, 0.2) is 30.3 Å². The van der Waals surface area contributed by atoms with Crippen molar-refractivity contribution in [1.29, 1.82) is 0 Å². The molecule has 0 bridgehead atoms. The number of rotatable bonds is 4. The zero-order valence-corrected chi connectivity index (χ0v) is 10.2. The van der Waals surface area contributed by atoms with E-state index in [4.69, 9.17) is 5.73 Å². The van der Waals surface area contributed by atoms with Crippen molar-refractivity contribution in [2.24, 2.45) is 5.73 Å². The first-order valence-corrected chi connectivity index (χ1v) is 5.60. The lowest BCUT2D eigenvalue weighted by molar-refractivity contribution is -0.124. The van der Waals surface area contributed by atoms with E-state index in [1.165, 1.54) is 0 Å². The molecule has 3 heteroatoms. The normalized spacial score (nSPS) is 13.2. The minimum absolute atomic E-state index is 0.101. The number of nitrogens with two attached hydrogens (primary N) is 1. The van der Waals surface area contributed by atoms with E-state index in [0.717, 1.165) is 5.56 Å². The van der Waals surface area contributed by atoms with Crippen molar-refractivity contribution in [3.05, 3.63) is 35.9 Å². The summed E-state index contributed by atoms with van der Waals surface area (Å²) in [5.41, 5.74) is 6.38. The van der Waals surface area contributed by atoms with Crippen molar-refractivity contribution >= 4 is 5.91 Å². The molecule has 3 nitrogen and oxygen atoms in total. The Bertz CT molecular complexity index is 346. The Morgan fingerprint density at radius 3 is 2.44 bits per heavy atom. The van der Waals surface area contributed by atoms with E-state index in [1.807, 2.05) is 51.1 Å². The first-order chi connectivity index (χ1) is 7.47. The zero-order valence-electron chi connectivity index (χ0n) is 10.2. The molecular formula is C13H20N2O. The molecule has 88 valence electrons. The van der Waals surface area contributed by atoms with Crippen LogP contribution in [0.5, 0.6) is 0 Å². The highest BCUT2D eigenvalue weighted by Crippen LogP contribution is 2.19. The third-order valence-electron chi connectivity index (χ3n) is 2.71. The van der Waals surface area contributed by atoms with Gasteiger partial charge in [-0.15, -0.1) is 0 Å². The standard InChI is InChI=1S/C13H20N2O/c1-4-11(14)12(16)15-13(2,3)10-8-6-5-7-9-10/h5-9,11H,4,14H2,1-3H3,(H,15,16)/t11-/m0/s1. The topological polar surface area (TPSA) is 55.1 Å². The lowest BCUT2D eigenvalue weighted by atomic mass is 9.94. The third-order valence-corrected chi connectivity index (χ3v) is 2.71. The first-order valence-electron chi connectivity index (χ1n) is 5.60. The first kappa shape index (κ1) is 12.7. The molecule has 3 N–H and O–H groups in total. The van der Waals surface area contributed by atoms with Gasteiger partial charge in [-0.1, -0.05) is 37.3 Å².